The van der Waals surface area contributed by atoms with Gasteiger partial charge in [0.15, 0.2) is 11.6 Å². The number of likely N-dealkylation sites (N-methyl/N-ethyl adjacent to an activating group) is 1. The fraction of sp³-hybridized carbons (Fsp3) is 0.500. The number of halogens is 1. The van der Waals surface area contributed by atoms with Crippen molar-refractivity contribution in [3.8, 4) is 5.75 Å². The lowest BCUT2D eigenvalue weighted by Gasteiger charge is -2.23. The Morgan fingerprint density at radius 2 is 2.21 bits per heavy atom. The van der Waals surface area contributed by atoms with Crippen LogP contribution < -0.4 is 10.1 Å². The fourth-order valence-corrected chi connectivity index (χ4v) is 3.52. The third-order valence-electron chi connectivity index (χ3n) is 3.35. The van der Waals surface area contributed by atoms with Crippen molar-refractivity contribution in [1.82, 2.24) is 9.62 Å². The van der Waals surface area contributed by atoms with Crippen LogP contribution >= 0.6 is 0 Å². The number of ether oxygens (including phenoxy) is 1. The summed E-state index contributed by atoms with van der Waals surface area (Å²) in [5.41, 5.74) is 0. The van der Waals surface area contributed by atoms with Gasteiger partial charge in [0.2, 0.25) is 10.0 Å². The first kappa shape index (κ1) is 14.2. The molecule has 1 aromatic carbocycles. The number of nitrogens with one attached hydrogen (secondary N) is 1. The van der Waals surface area contributed by atoms with Crippen LogP contribution in [-0.4, -0.2) is 46.0 Å². The average molecular weight is 288 g/mol. The third kappa shape index (κ3) is 2.72. The van der Waals surface area contributed by atoms with Crippen LogP contribution in [0.2, 0.25) is 0 Å². The van der Waals surface area contributed by atoms with Gasteiger partial charge in [0.05, 0.1) is 12.0 Å². The summed E-state index contributed by atoms with van der Waals surface area (Å²) in [6, 6.07) is 3.58. The van der Waals surface area contributed by atoms with Gasteiger partial charge in [-0.2, -0.15) is 4.31 Å². The zero-order valence-electron chi connectivity index (χ0n) is 10.9. The Labute approximate surface area is 112 Å². The zero-order valence-corrected chi connectivity index (χ0v) is 11.7. The van der Waals surface area contributed by atoms with Crippen molar-refractivity contribution in [1.29, 1.82) is 0 Å². The molecule has 1 aromatic rings. The summed E-state index contributed by atoms with van der Waals surface area (Å²) in [7, 11) is -0.813. The maximum atomic E-state index is 13.6. The van der Waals surface area contributed by atoms with E-state index in [1.807, 2.05) is 0 Å². The van der Waals surface area contributed by atoms with E-state index in [0.717, 1.165) is 19.0 Å². The minimum absolute atomic E-state index is 0.0316. The van der Waals surface area contributed by atoms with E-state index >= 15 is 0 Å². The van der Waals surface area contributed by atoms with Gasteiger partial charge in [0.1, 0.15) is 0 Å². The van der Waals surface area contributed by atoms with Crippen LogP contribution in [0.25, 0.3) is 0 Å². The third-order valence-corrected chi connectivity index (χ3v) is 5.25. The van der Waals surface area contributed by atoms with E-state index < -0.39 is 15.8 Å². The summed E-state index contributed by atoms with van der Waals surface area (Å²) in [5.74, 6) is -0.648. The molecule has 1 unspecified atom stereocenters. The van der Waals surface area contributed by atoms with Gasteiger partial charge in [-0.1, -0.05) is 0 Å². The molecule has 7 heteroatoms. The number of rotatable bonds is 4. The van der Waals surface area contributed by atoms with Gasteiger partial charge in [0, 0.05) is 19.6 Å². The van der Waals surface area contributed by atoms with Gasteiger partial charge in [0.25, 0.3) is 0 Å². The van der Waals surface area contributed by atoms with Crippen LogP contribution in [-0.2, 0) is 10.0 Å². The lowest BCUT2D eigenvalue weighted by molar-refractivity contribution is 0.381. The topological polar surface area (TPSA) is 58.6 Å². The SMILES string of the molecule is COc1ccc(S(=O)(=O)N(C)C2CCNC2)cc1F. The highest BCUT2D eigenvalue weighted by Gasteiger charge is 2.30. The maximum Gasteiger partial charge on any atom is 0.243 e. The normalized spacial score (nSPS) is 19.9. The Morgan fingerprint density at radius 3 is 2.74 bits per heavy atom. The first-order chi connectivity index (χ1) is 8.96. The first-order valence-corrected chi connectivity index (χ1v) is 7.43. The first-order valence-electron chi connectivity index (χ1n) is 5.99. The maximum absolute atomic E-state index is 13.6. The highest BCUT2D eigenvalue weighted by Crippen LogP contribution is 2.24. The molecule has 5 nitrogen and oxygen atoms in total. The van der Waals surface area contributed by atoms with Crippen molar-refractivity contribution in [2.45, 2.75) is 17.4 Å². The molecule has 0 radical (unpaired) electrons. The molecule has 1 aliphatic rings. The smallest absolute Gasteiger partial charge is 0.243 e. The van der Waals surface area contributed by atoms with Crippen LogP contribution in [0.5, 0.6) is 5.75 Å². The second-order valence-corrected chi connectivity index (χ2v) is 6.46. The van der Waals surface area contributed by atoms with E-state index in [2.05, 4.69) is 5.32 Å². The molecule has 19 heavy (non-hydrogen) atoms. The van der Waals surface area contributed by atoms with E-state index in [4.69, 9.17) is 4.74 Å². The molecular formula is C12H17FN2O3S. The van der Waals surface area contributed by atoms with Gasteiger partial charge < -0.3 is 10.1 Å². The van der Waals surface area contributed by atoms with Crippen LogP contribution in [0.1, 0.15) is 6.42 Å². The predicted octanol–water partition coefficient (Wildman–Crippen LogP) is 0.817. The molecule has 0 aromatic heterocycles. The number of methoxy groups -OCH3 is 1. The molecule has 106 valence electrons. The van der Waals surface area contributed by atoms with Crippen molar-refractivity contribution in [2.24, 2.45) is 0 Å². The number of nitrogens with zero attached hydrogens (tertiary/aromatic N) is 1. The standard InChI is InChI=1S/C12H17FN2O3S/c1-15(9-5-6-14-8-9)19(16,17)10-3-4-12(18-2)11(13)7-10/h3-4,7,9,14H,5-6,8H2,1-2H3. The minimum atomic E-state index is -3.67. The Bertz CT molecular complexity index is 556. The molecule has 1 aliphatic heterocycles. The van der Waals surface area contributed by atoms with Gasteiger partial charge >= 0.3 is 0 Å². The van der Waals surface area contributed by atoms with Gasteiger partial charge in [-0.3, -0.25) is 0 Å². The monoisotopic (exact) mass is 288 g/mol. The molecule has 0 amide bonds. The second kappa shape index (κ2) is 5.44. The molecule has 2 rings (SSSR count). The number of hydrogen-bond donors (Lipinski definition) is 1. The molecule has 0 saturated carbocycles. The van der Waals surface area contributed by atoms with E-state index in [1.165, 1.54) is 30.6 Å². The van der Waals surface area contributed by atoms with Gasteiger partial charge in [-0.05, 0) is 31.2 Å². The average Bonchev–Trinajstić information content (AvgIpc) is 2.91. The van der Waals surface area contributed by atoms with E-state index in [9.17, 15) is 12.8 Å². The molecule has 1 saturated heterocycles. The van der Waals surface area contributed by atoms with Crippen molar-refractivity contribution in [3.63, 3.8) is 0 Å². The molecule has 1 atom stereocenters. The lowest BCUT2D eigenvalue weighted by atomic mass is 10.3. The Hall–Kier alpha value is -1.18. The number of hydrogen-bond acceptors (Lipinski definition) is 4. The van der Waals surface area contributed by atoms with Gasteiger partial charge in [-0.15, -0.1) is 0 Å². The Kier molecular flexibility index (Phi) is 4.07. The molecule has 1 heterocycles. The summed E-state index contributed by atoms with van der Waals surface area (Å²) in [4.78, 5) is -0.0554. The predicted molar refractivity (Wildman–Crippen MR) is 69.2 cm³/mol. The van der Waals surface area contributed by atoms with Crippen LogP contribution in [0.3, 0.4) is 0 Å². The fourth-order valence-electron chi connectivity index (χ4n) is 2.12. The highest BCUT2D eigenvalue weighted by molar-refractivity contribution is 7.89. The lowest BCUT2D eigenvalue weighted by Crippen LogP contribution is -2.38. The Balaban J connectivity index is 2.30. The summed E-state index contributed by atoms with van der Waals surface area (Å²) in [6.45, 7) is 1.41. The largest absolute Gasteiger partial charge is 0.494 e. The highest BCUT2D eigenvalue weighted by atomic mass is 32.2. The van der Waals surface area contributed by atoms with Crippen molar-refractivity contribution >= 4 is 10.0 Å². The molecule has 0 spiro atoms. The molecule has 0 bridgehead atoms. The van der Waals surface area contributed by atoms with E-state index in [-0.39, 0.29) is 16.7 Å². The minimum Gasteiger partial charge on any atom is -0.494 e. The molecular weight excluding hydrogens is 271 g/mol. The number of benzene rings is 1. The number of sulfonamides is 1. The zero-order chi connectivity index (χ0) is 14.0. The summed E-state index contributed by atoms with van der Waals surface area (Å²) >= 11 is 0. The van der Waals surface area contributed by atoms with Crippen LogP contribution in [0.15, 0.2) is 23.1 Å². The van der Waals surface area contributed by atoms with Crippen LogP contribution in [0.4, 0.5) is 4.39 Å². The molecule has 1 fully saturated rings. The summed E-state index contributed by atoms with van der Waals surface area (Å²) in [6.07, 6.45) is 0.758. The second-order valence-electron chi connectivity index (χ2n) is 4.46. The van der Waals surface area contributed by atoms with E-state index in [0.29, 0.717) is 6.54 Å². The van der Waals surface area contributed by atoms with Crippen molar-refractivity contribution in [2.75, 3.05) is 27.2 Å². The van der Waals surface area contributed by atoms with Gasteiger partial charge in [-0.25, -0.2) is 12.8 Å². The van der Waals surface area contributed by atoms with Crippen molar-refractivity contribution < 1.29 is 17.5 Å². The molecule has 0 aliphatic carbocycles. The Morgan fingerprint density at radius 1 is 1.47 bits per heavy atom. The van der Waals surface area contributed by atoms with Crippen molar-refractivity contribution in [3.05, 3.63) is 24.0 Å². The van der Waals surface area contributed by atoms with E-state index in [1.54, 1.807) is 0 Å². The van der Waals surface area contributed by atoms with Crippen LogP contribution in [0, 0.1) is 5.82 Å². The summed E-state index contributed by atoms with van der Waals surface area (Å²) in [5, 5.41) is 3.11. The molecule has 1 N–H and O–H groups in total. The summed E-state index contributed by atoms with van der Waals surface area (Å²) < 4.78 is 44.4. The quantitative estimate of drug-likeness (QED) is 0.891.